The maximum atomic E-state index is 8.47. The van der Waals surface area contributed by atoms with Crippen LogP contribution in [0.1, 0.15) is 19.3 Å². The monoisotopic (exact) mass is 252 g/mol. The Morgan fingerprint density at radius 3 is 1.53 bits per heavy atom. The first kappa shape index (κ1) is 4.64. The predicted octanol–water partition coefficient (Wildman–Crippen LogP) is 5.45. The maximum Gasteiger partial charge on any atom is 0.0630 e. The van der Waals surface area contributed by atoms with Crippen LogP contribution in [0.5, 0.6) is 0 Å². The fourth-order valence-electron chi connectivity index (χ4n) is 2.34. The molecule has 0 N–H and O–H groups in total. The van der Waals surface area contributed by atoms with Crippen LogP contribution in [0.2, 0.25) is 0 Å². The molecule has 19 heavy (non-hydrogen) atoms. The summed E-state index contributed by atoms with van der Waals surface area (Å²) in [5.74, 6) is 0. The van der Waals surface area contributed by atoms with E-state index >= 15 is 0 Å². The zero-order chi connectivity index (χ0) is 21.5. The molecular formula is C19H14. The first-order valence-corrected chi connectivity index (χ1v) is 5.83. The number of fused-ring (bicyclic) bond motifs is 6. The highest BCUT2D eigenvalue weighted by Gasteiger charge is 2.07. The molecule has 0 nitrogen and oxygen atoms in total. The van der Waals surface area contributed by atoms with E-state index in [1.54, 1.807) is 13.0 Å². The number of aryl methyl sites for hydroxylation is 1. The Kier molecular flexibility index (Phi) is 0.935. The third-order valence-electron chi connectivity index (χ3n) is 3.16. The predicted molar refractivity (Wildman–Crippen MR) is 83.7 cm³/mol. The van der Waals surface area contributed by atoms with E-state index in [0.717, 1.165) is 0 Å². The summed E-state index contributed by atoms with van der Waals surface area (Å²) in [5.41, 5.74) is 0.427. The molecule has 0 aliphatic heterocycles. The summed E-state index contributed by atoms with van der Waals surface area (Å²) >= 11 is 0. The Balaban J connectivity index is 2.62. The lowest BCUT2D eigenvalue weighted by Gasteiger charge is -2.10. The maximum absolute atomic E-state index is 8.47. The Morgan fingerprint density at radius 1 is 0.579 bits per heavy atom. The van der Waals surface area contributed by atoms with Gasteiger partial charge in [-0.3, -0.25) is 0 Å². The van der Waals surface area contributed by atoms with Gasteiger partial charge in [-0.05, 0) is 39.2 Å². The van der Waals surface area contributed by atoms with E-state index in [4.69, 9.17) is 13.7 Å². The summed E-state index contributed by atoms with van der Waals surface area (Å²) in [4.78, 5) is 0. The van der Waals surface area contributed by atoms with E-state index in [0.29, 0.717) is 5.56 Å². The first-order valence-electron chi connectivity index (χ1n) is 10.8. The Morgan fingerprint density at radius 2 is 1.00 bits per heavy atom. The minimum Gasteiger partial charge on any atom is -0.0616 e. The fourth-order valence-corrected chi connectivity index (χ4v) is 2.34. The second-order valence-electron chi connectivity index (χ2n) is 4.37. The van der Waals surface area contributed by atoms with Gasteiger partial charge in [0, 0.05) is 0 Å². The molecule has 0 saturated heterocycles. The highest BCUT2D eigenvalue weighted by molar-refractivity contribution is 6.25. The van der Waals surface area contributed by atoms with E-state index < -0.39 is 42.3 Å². The minimum atomic E-state index is -0.527. The van der Waals surface area contributed by atoms with Gasteiger partial charge in [0.1, 0.15) is 0 Å². The van der Waals surface area contributed by atoms with Crippen LogP contribution in [0.25, 0.3) is 32.3 Å². The van der Waals surface area contributed by atoms with Crippen LogP contribution in [0.4, 0.5) is 0 Å². The van der Waals surface area contributed by atoms with Crippen molar-refractivity contribution in [2.24, 2.45) is 0 Å². The highest BCUT2D eigenvalue weighted by atomic mass is 14.1. The van der Waals surface area contributed by atoms with Crippen LogP contribution >= 0.6 is 0 Å². The van der Waals surface area contributed by atoms with E-state index in [9.17, 15) is 0 Å². The lowest BCUT2D eigenvalue weighted by atomic mass is 9.93. The summed E-state index contributed by atoms with van der Waals surface area (Å²) in [7, 11) is 0. The summed E-state index contributed by atoms with van der Waals surface area (Å²) in [6.07, 6.45) is 0. The zero-order valence-electron chi connectivity index (χ0n) is 20.1. The van der Waals surface area contributed by atoms with Gasteiger partial charge in [0.15, 0.2) is 0 Å². The molecule has 0 fully saturated rings. The van der Waals surface area contributed by atoms with Crippen molar-refractivity contribution in [2.75, 3.05) is 0 Å². The van der Waals surface area contributed by atoms with Crippen LogP contribution in [-0.4, -0.2) is 0 Å². The van der Waals surface area contributed by atoms with E-state index in [1.807, 2.05) is 0 Å². The molecule has 0 atom stereocenters. The topological polar surface area (TPSA) is 0 Å². The molecule has 0 aliphatic carbocycles. The van der Waals surface area contributed by atoms with Gasteiger partial charge in [-0.2, -0.15) is 0 Å². The lowest BCUT2D eigenvalue weighted by molar-refractivity contribution is 1.51. The van der Waals surface area contributed by atoms with Gasteiger partial charge >= 0.3 is 0 Å². The largest absolute Gasteiger partial charge is 0.0630 e. The lowest BCUT2D eigenvalue weighted by Crippen LogP contribution is -1.83. The molecule has 0 bridgehead atoms. The average molecular weight is 252 g/mol. The molecule has 0 aromatic heterocycles. The molecule has 0 unspecified atom stereocenters. The molecule has 4 rings (SSSR count). The van der Waals surface area contributed by atoms with Crippen LogP contribution in [0, 0.1) is 6.92 Å². The van der Waals surface area contributed by atoms with Gasteiger partial charge in [0.05, 0.1) is 13.7 Å². The van der Waals surface area contributed by atoms with Crippen LogP contribution in [-0.2, 0) is 0 Å². The third-order valence-corrected chi connectivity index (χ3v) is 3.16. The quantitative estimate of drug-likeness (QED) is 0.365. The van der Waals surface area contributed by atoms with Crippen molar-refractivity contribution >= 4 is 32.3 Å². The van der Waals surface area contributed by atoms with Crippen LogP contribution < -0.4 is 0 Å². The summed E-state index contributed by atoms with van der Waals surface area (Å²) in [5, 5.41) is 0.342. The van der Waals surface area contributed by atoms with Gasteiger partial charge in [0.2, 0.25) is 0 Å². The van der Waals surface area contributed by atoms with Crippen molar-refractivity contribution in [3.8, 4) is 0 Å². The van der Waals surface area contributed by atoms with Gasteiger partial charge in [-0.15, -0.1) is 0 Å². The van der Waals surface area contributed by atoms with Gasteiger partial charge in [-0.1, -0.05) is 72.1 Å². The Labute approximate surface area is 126 Å². The molecule has 4 aromatic rings. The first-order chi connectivity index (χ1) is 13.5. The molecule has 0 saturated carbocycles. The van der Waals surface area contributed by atoms with E-state index in [-0.39, 0.29) is 50.4 Å². The summed E-state index contributed by atoms with van der Waals surface area (Å²) in [6.45, 7) is 1.61. The third kappa shape index (κ3) is 1.47. The summed E-state index contributed by atoms with van der Waals surface area (Å²) in [6, 6.07) is -2.42. The smallest absolute Gasteiger partial charge is 0.0616 e. The molecule has 0 amide bonds. The Hall–Kier alpha value is -2.34. The second kappa shape index (κ2) is 3.83. The second-order valence-corrected chi connectivity index (χ2v) is 4.37. The van der Waals surface area contributed by atoms with Crippen LogP contribution in [0.15, 0.2) is 66.5 Å². The molecule has 4 aromatic carbocycles. The Bertz CT molecular complexity index is 1350. The molecule has 0 radical (unpaired) electrons. The van der Waals surface area contributed by atoms with E-state index in [2.05, 4.69) is 0 Å². The standard InChI is InChI=1S/C19H14/c1-13-10-11-18-16-8-3-2-6-14(16)15-7-4-5-9-17(15)19(18)12-13/h2-12H,1H3/i2D,3D,4D,5D,6D,7D,8D,9D,10D,11D. The van der Waals surface area contributed by atoms with Crippen LogP contribution in [0.3, 0.4) is 0 Å². The van der Waals surface area contributed by atoms with Crippen molar-refractivity contribution in [1.29, 1.82) is 0 Å². The van der Waals surface area contributed by atoms with Gasteiger partial charge in [0.25, 0.3) is 0 Å². The number of hydrogen-bond acceptors (Lipinski definition) is 0. The normalized spacial score (nSPS) is 18.8. The van der Waals surface area contributed by atoms with Crippen molar-refractivity contribution in [3.05, 3.63) is 72.1 Å². The molecule has 0 aliphatic rings. The average Bonchev–Trinajstić information content (AvgIpc) is 2.69. The molecule has 90 valence electrons. The van der Waals surface area contributed by atoms with Crippen molar-refractivity contribution in [1.82, 2.24) is 0 Å². The number of rotatable bonds is 0. The zero-order valence-corrected chi connectivity index (χ0v) is 10.1. The molecule has 0 heterocycles. The molecular weight excluding hydrogens is 228 g/mol. The van der Waals surface area contributed by atoms with Gasteiger partial charge in [-0.25, -0.2) is 0 Å². The van der Waals surface area contributed by atoms with Gasteiger partial charge < -0.3 is 0 Å². The molecule has 0 spiro atoms. The fraction of sp³-hybridized carbons (Fsp3) is 0.0526. The van der Waals surface area contributed by atoms with Crippen molar-refractivity contribution in [2.45, 2.75) is 6.92 Å². The van der Waals surface area contributed by atoms with E-state index in [1.165, 1.54) is 0 Å². The summed E-state index contributed by atoms with van der Waals surface area (Å²) < 4.78 is 82.4. The van der Waals surface area contributed by atoms with Crippen molar-refractivity contribution < 1.29 is 13.7 Å². The number of benzene rings is 4. The SMILES string of the molecule is [2H]c1c(C)cc2c(c1[2H])c1c([2H])c([2H])c([2H])c([2H])c1c1c([2H])c([2H])c([2H])c([2H])c21. The number of hydrogen-bond donors (Lipinski definition) is 0. The minimum absolute atomic E-state index is 0.0120. The van der Waals surface area contributed by atoms with Crippen molar-refractivity contribution in [3.63, 3.8) is 0 Å². The molecule has 0 heteroatoms. The highest BCUT2D eigenvalue weighted by Crippen LogP contribution is 2.34.